The third kappa shape index (κ3) is 2.32. The number of aryl methyl sites for hydroxylation is 1. The Balaban J connectivity index is 1.63. The second-order valence-electron chi connectivity index (χ2n) is 5.15. The lowest BCUT2D eigenvalue weighted by molar-refractivity contribution is 0.102. The van der Waals surface area contributed by atoms with E-state index in [2.05, 4.69) is 20.5 Å². The average molecular weight is 333 g/mol. The summed E-state index contributed by atoms with van der Waals surface area (Å²) in [6.07, 6.45) is 5.25. The molecule has 1 amide bonds. The Morgan fingerprint density at radius 2 is 2.18 bits per heavy atom. The number of hydrogen-bond acceptors (Lipinski definition) is 7. The van der Waals surface area contributed by atoms with Crippen LogP contribution < -0.4 is 10.9 Å². The lowest BCUT2D eigenvalue weighted by atomic mass is 10.3. The predicted octanol–water partition coefficient (Wildman–Crippen LogP) is 2.05. The van der Waals surface area contributed by atoms with Crippen molar-refractivity contribution in [2.24, 2.45) is 0 Å². The molecule has 0 bridgehead atoms. The first kappa shape index (κ1) is 13.5. The molecule has 9 heteroatoms. The van der Waals surface area contributed by atoms with E-state index < -0.39 is 5.91 Å². The van der Waals surface area contributed by atoms with E-state index in [1.165, 1.54) is 33.3 Å². The molecular formula is C13H11N5O2S2. The monoisotopic (exact) mass is 333 g/mol. The summed E-state index contributed by atoms with van der Waals surface area (Å²) in [6.45, 7) is 1.89. The van der Waals surface area contributed by atoms with Crippen molar-refractivity contribution in [2.45, 2.75) is 25.7 Å². The number of carbonyl (C=O) groups excluding carboxylic acids is 1. The largest absolute Gasteiger partial charge is 0.296 e. The number of fused-ring (bicyclic) bond motifs is 1. The van der Waals surface area contributed by atoms with Gasteiger partial charge in [0, 0.05) is 23.2 Å². The van der Waals surface area contributed by atoms with Gasteiger partial charge >= 0.3 is 0 Å². The van der Waals surface area contributed by atoms with Gasteiger partial charge in [0.1, 0.15) is 10.6 Å². The van der Waals surface area contributed by atoms with Gasteiger partial charge in [0.15, 0.2) is 4.96 Å². The van der Waals surface area contributed by atoms with Crippen molar-refractivity contribution in [1.82, 2.24) is 19.6 Å². The van der Waals surface area contributed by atoms with E-state index in [1.807, 2.05) is 6.92 Å². The average Bonchev–Trinajstić information content (AvgIpc) is 3.11. The number of carbonyl (C=O) groups is 1. The van der Waals surface area contributed by atoms with Crippen molar-refractivity contribution in [1.29, 1.82) is 0 Å². The maximum absolute atomic E-state index is 12.3. The van der Waals surface area contributed by atoms with Crippen LogP contribution in [0.4, 0.5) is 5.13 Å². The maximum atomic E-state index is 12.3. The summed E-state index contributed by atoms with van der Waals surface area (Å²) in [5.74, 6) is -0.0187. The van der Waals surface area contributed by atoms with Crippen LogP contribution >= 0.6 is 22.7 Å². The van der Waals surface area contributed by atoms with Gasteiger partial charge in [-0.15, -0.1) is 21.5 Å². The summed E-state index contributed by atoms with van der Waals surface area (Å²) in [7, 11) is 0. The van der Waals surface area contributed by atoms with Crippen molar-refractivity contribution in [3.05, 3.63) is 38.2 Å². The number of nitrogens with zero attached hydrogens (tertiary/aromatic N) is 4. The Labute approximate surface area is 132 Å². The maximum Gasteiger partial charge on any atom is 0.271 e. The molecule has 4 rings (SSSR count). The highest BCUT2D eigenvalue weighted by Gasteiger charge is 2.28. The number of amides is 1. The standard InChI is InChI=1S/C13H11N5O2S2/c1-6-5-18-11(20)8(4-14-13(18)21-6)9(19)15-12-17-16-10(22-12)7-2-3-7/h4-5,7H,2-3H2,1H3,(H,15,17,19). The van der Waals surface area contributed by atoms with Gasteiger partial charge in [-0.05, 0) is 19.8 Å². The fourth-order valence-electron chi connectivity index (χ4n) is 2.10. The fraction of sp³-hybridized carbons (Fsp3) is 0.308. The van der Waals surface area contributed by atoms with Crippen molar-refractivity contribution >= 4 is 38.7 Å². The van der Waals surface area contributed by atoms with Crippen molar-refractivity contribution < 1.29 is 4.79 Å². The summed E-state index contributed by atoms with van der Waals surface area (Å²) in [6, 6.07) is 0. The molecule has 0 aliphatic heterocycles. The highest BCUT2D eigenvalue weighted by atomic mass is 32.1. The Morgan fingerprint density at radius 1 is 1.36 bits per heavy atom. The Hall–Kier alpha value is -2.13. The molecule has 0 radical (unpaired) electrons. The minimum absolute atomic E-state index is 0.00141. The molecule has 0 spiro atoms. The molecule has 3 aromatic heterocycles. The molecule has 0 saturated heterocycles. The molecule has 3 aromatic rings. The number of thiazole rings is 1. The van der Waals surface area contributed by atoms with Gasteiger partial charge in [0.25, 0.3) is 11.5 Å². The van der Waals surface area contributed by atoms with Gasteiger partial charge in [-0.2, -0.15) is 0 Å². The van der Waals surface area contributed by atoms with Crippen LogP contribution in [0.1, 0.15) is 39.0 Å². The molecular weight excluding hydrogens is 322 g/mol. The Morgan fingerprint density at radius 3 is 2.95 bits per heavy atom. The fourth-order valence-corrected chi connectivity index (χ4v) is 3.79. The third-order valence-corrected chi connectivity index (χ3v) is 5.27. The smallest absolute Gasteiger partial charge is 0.271 e. The highest BCUT2D eigenvalue weighted by Crippen LogP contribution is 2.42. The number of rotatable bonds is 3. The zero-order valence-corrected chi connectivity index (χ0v) is 13.2. The number of hydrogen-bond donors (Lipinski definition) is 1. The lowest BCUT2D eigenvalue weighted by Crippen LogP contribution is -2.25. The topological polar surface area (TPSA) is 89.2 Å². The molecule has 0 atom stereocenters. The quantitative estimate of drug-likeness (QED) is 0.792. The van der Waals surface area contributed by atoms with Crippen LogP contribution in [0.2, 0.25) is 0 Å². The van der Waals surface area contributed by atoms with E-state index in [-0.39, 0.29) is 11.1 Å². The van der Waals surface area contributed by atoms with Crippen molar-refractivity contribution in [2.75, 3.05) is 5.32 Å². The molecule has 1 fully saturated rings. The van der Waals surface area contributed by atoms with Crippen LogP contribution in [0.3, 0.4) is 0 Å². The van der Waals surface area contributed by atoms with E-state index in [4.69, 9.17) is 0 Å². The molecule has 3 heterocycles. The van der Waals surface area contributed by atoms with Gasteiger partial charge in [-0.25, -0.2) is 4.98 Å². The minimum Gasteiger partial charge on any atom is -0.296 e. The highest BCUT2D eigenvalue weighted by molar-refractivity contribution is 7.17. The van der Waals surface area contributed by atoms with Crippen molar-refractivity contribution in [3.8, 4) is 0 Å². The van der Waals surface area contributed by atoms with E-state index in [0.717, 1.165) is 22.7 Å². The van der Waals surface area contributed by atoms with E-state index in [1.54, 1.807) is 6.20 Å². The summed E-state index contributed by atoms with van der Waals surface area (Å²) < 4.78 is 1.39. The first-order chi connectivity index (χ1) is 10.6. The number of nitrogens with one attached hydrogen (secondary N) is 1. The van der Waals surface area contributed by atoms with Crippen LogP contribution in [0.15, 0.2) is 17.2 Å². The van der Waals surface area contributed by atoms with Crippen LogP contribution in [0, 0.1) is 6.92 Å². The molecule has 0 unspecified atom stereocenters. The minimum atomic E-state index is -0.505. The summed E-state index contributed by atoms with van der Waals surface area (Å²) in [4.78, 5) is 30.3. The van der Waals surface area contributed by atoms with Crippen LogP contribution in [0.5, 0.6) is 0 Å². The van der Waals surface area contributed by atoms with Gasteiger partial charge in [0.05, 0.1) is 0 Å². The first-order valence-electron chi connectivity index (χ1n) is 6.74. The summed E-state index contributed by atoms with van der Waals surface area (Å²) >= 11 is 2.76. The molecule has 1 N–H and O–H groups in total. The molecule has 22 heavy (non-hydrogen) atoms. The van der Waals surface area contributed by atoms with E-state index in [0.29, 0.717) is 16.0 Å². The molecule has 0 aromatic carbocycles. The second kappa shape index (κ2) is 4.96. The molecule has 112 valence electrons. The van der Waals surface area contributed by atoms with E-state index >= 15 is 0 Å². The van der Waals surface area contributed by atoms with Crippen molar-refractivity contribution in [3.63, 3.8) is 0 Å². The van der Waals surface area contributed by atoms with Crippen LogP contribution in [0.25, 0.3) is 4.96 Å². The zero-order valence-electron chi connectivity index (χ0n) is 11.6. The van der Waals surface area contributed by atoms with Gasteiger partial charge < -0.3 is 0 Å². The van der Waals surface area contributed by atoms with E-state index in [9.17, 15) is 9.59 Å². The molecule has 1 aliphatic carbocycles. The van der Waals surface area contributed by atoms with Crippen LogP contribution in [-0.4, -0.2) is 25.5 Å². The van der Waals surface area contributed by atoms with Gasteiger partial charge in [0.2, 0.25) is 5.13 Å². The normalized spacial score (nSPS) is 14.4. The Kier molecular flexibility index (Phi) is 3.05. The molecule has 7 nitrogen and oxygen atoms in total. The Bertz CT molecular complexity index is 937. The SMILES string of the molecule is Cc1cn2c(=O)c(C(=O)Nc3nnc(C4CC4)s3)cnc2s1. The second-order valence-corrected chi connectivity index (χ2v) is 7.37. The lowest BCUT2D eigenvalue weighted by Gasteiger charge is -2.00. The molecule has 1 aliphatic rings. The number of anilines is 1. The van der Waals surface area contributed by atoms with Crippen LogP contribution in [-0.2, 0) is 0 Å². The summed E-state index contributed by atoms with van der Waals surface area (Å²) in [5, 5.41) is 12.0. The first-order valence-corrected chi connectivity index (χ1v) is 8.37. The third-order valence-electron chi connectivity index (χ3n) is 3.35. The molecule has 1 saturated carbocycles. The van der Waals surface area contributed by atoms with Gasteiger partial charge in [-0.3, -0.25) is 19.3 Å². The predicted molar refractivity (Wildman–Crippen MR) is 83.9 cm³/mol. The number of aromatic nitrogens is 4. The summed E-state index contributed by atoms with van der Waals surface area (Å²) in [5.41, 5.74) is -0.378. The van der Waals surface area contributed by atoms with Gasteiger partial charge in [-0.1, -0.05) is 11.3 Å². The zero-order chi connectivity index (χ0) is 15.3.